The zero-order chi connectivity index (χ0) is 15.0. The largest absolute Gasteiger partial charge is 0.321 e. The van der Waals surface area contributed by atoms with Gasteiger partial charge in [-0.15, -0.1) is 0 Å². The second kappa shape index (κ2) is 5.68. The Labute approximate surface area is 136 Å². The molecule has 1 aromatic carbocycles. The molecule has 1 atom stereocenters. The first-order valence-corrected chi connectivity index (χ1v) is 8.23. The van der Waals surface area contributed by atoms with Crippen LogP contribution < -0.4 is 10.6 Å². The summed E-state index contributed by atoms with van der Waals surface area (Å²) in [4.78, 5) is 12.7. The van der Waals surface area contributed by atoms with Crippen LogP contribution in [0.5, 0.6) is 0 Å². The number of amides is 1. The monoisotopic (exact) mass is 344 g/mol. The summed E-state index contributed by atoms with van der Waals surface area (Å²) in [7, 11) is 0. The first-order valence-electron chi connectivity index (χ1n) is 6.74. The molecule has 112 valence electrons. The number of hydrogen-bond acceptors (Lipinski definition) is 4. The lowest BCUT2D eigenvalue weighted by Gasteiger charge is -2.27. The quantitative estimate of drug-likeness (QED) is 0.876. The summed E-state index contributed by atoms with van der Waals surface area (Å²) < 4.78 is 8.33. The molecule has 0 saturated carbocycles. The molecule has 0 radical (unpaired) electrons. The van der Waals surface area contributed by atoms with Gasteiger partial charge in [0.15, 0.2) is 0 Å². The number of nitrogens with one attached hydrogen (secondary N) is 2. The van der Waals surface area contributed by atoms with E-state index in [2.05, 4.69) is 19.4 Å². The molecule has 2 aliphatic heterocycles. The molecular weight excluding hydrogens is 331 g/mol. The van der Waals surface area contributed by atoms with E-state index in [1.54, 1.807) is 6.07 Å². The summed E-state index contributed by atoms with van der Waals surface area (Å²) in [5.74, 6) is -0.0824. The van der Waals surface area contributed by atoms with Gasteiger partial charge in [0.2, 0.25) is 5.91 Å². The van der Waals surface area contributed by atoms with Gasteiger partial charge >= 0.3 is 0 Å². The van der Waals surface area contributed by atoms with E-state index < -0.39 is 5.54 Å². The van der Waals surface area contributed by atoms with Crippen molar-refractivity contribution in [2.24, 2.45) is 8.73 Å². The van der Waals surface area contributed by atoms with E-state index in [1.807, 2.05) is 6.92 Å². The molecule has 21 heavy (non-hydrogen) atoms. The average Bonchev–Trinajstić information content (AvgIpc) is 3.12. The Bertz CT molecular complexity index is 679. The summed E-state index contributed by atoms with van der Waals surface area (Å²) in [6.45, 7) is 2.85. The number of halogens is 2. The highest BCUT2D eigenvalue weighted by molar-refractivity contribution is 7.58. The molecule has 0 aliphatic carbocycles. The van der Waals surface area contributed by atoms with E-state index in [0.717, 1.165) is 37.2 Å². The maximum absolute atomic E-state index is 12.7. The molecular formula is C13H14Cl2N4OS. The minimum absolute atomic E-state index is 0.0824. The highest BCUT2D eigenvalue weighted by Crippen LogP contribution is 2.48. The van der Waals surface area contributed by atoms with Crippen LogP contribution in [0.25, 0.3) is 0 Å². The Hall–Kier alpha value is -0.950. The number of rotatable bonds is 3. The average molecular weight is 345 g/mol. The van der Waals surface area contributed by atoms with Crippen molar-refractivity contribution in [2.45, 2.75) is 31.7 Å². The number of benzene rings is 1. The number of carbonyl (C=O) groups excluding carboxylic acids is 1. The van der Waals surface area contributed by atoms with Gasteiger partial charge in [-0.1, -0.05) is 30.1 Å². The van der Waals surface area contributed by atoms with Crippen molar-refractivity contribution in [3.05, 3.63) is 16.1 Å². The van der Waals surface area contributed by atoms with Gasteiger partial charge < -0.3 is 10.6 Å². The molecule has 1 saturated heterocycles. The predicted octanol–water partition coefficient (Wildman–Crippen LogP) is 4.19. The zero-order valence-corrected chi connectivity index (χ0v) is 13.7. The van der Waals surface area contributed by atoms with Gasteiger partial charge in [-0.05, 0) is 31.9 Å². The van der Waals surface area contributed by atoms with Crippen molar-refractivity contribution in [2.75, 3.05) is 11.9 Å². The van der Waals surface area contributed by atoms with E-state index in [0.29, 0.717) is 27.1 Å². The Balaban J connectivity index is 1.94. The van der Waals surface area contributed by atoms with E-state index in [4.69, 9.17) is 23.2 Å². The van der Waals surface area contributed by atoms with Crippen LogP contribution in [0.2, 0.25) is 10.0 Å². The summed E-state index contributed by atoms with van der Waals surface area (Å²) in [5, 5.41) is 7.02. The van der Waals surface area contributed by atoms with Crippen LogP contribution in [-0.2, 0) is 16.1 Å². The lowest BCUT2D eigenvalue weighted by Crippen LogP contribution is -2.50. The van der Waals surface area contributed by atoms with Crippen LogP contribution in [0.3, 0.4) is 0 Å². The van der Waals surface area contributed by atoms with Crippen molar-refractivity contribution in [1.29, 1.82) is 0 Å². The van der Waals surface area contributed by atoms with Gasteiger partial charge in [-0.2, -0.15) is 8.73 Å². The lowest BCUT2D eigenvalue weighted by molar-refractivity contribution is -0.122. The molecule has 3 rings (SSSR count). The molecule has 2 aliphatic rings. The number of carbonyl (C=O) groups is 1. The first kappa shape index (κ1) is 15.0. The highest BCUT2D eigenvalue weighted by atomic mass is 35.5. The van der Waals surface area contributed by atoms with Crippen molar-refractivity contribution in [1.82, 2.24) is 5.32 Å². The molecule has 1 unspecified atom stereocenters. The SMILES string of the molecule is CCC1(C(=O)Nc2c(Cl)cc(Cl)c3c2N=S=N3)CCCN1. The first-order chi connectivity index (χ1) is 10.1. The van der Waals surface area contributed by atoms with Gasteiger partial charge in [0.1, 0.15) is 11.4 Å². The van der Waals surface area contributed by atoms with Crippen molar-refractivity contribution in [3.63, 3.8) is 0 Å². The molecule has 2 heterocycles. The molecule has 0 bridgehead atoms. The second-order valence-electron chi connectivity index (χ2n) is 5.10. The Morgan fingerprint density at radius 3 is 2.86 bits per heavy atom. The summed E-state index contributed by atoms with van der Waals surface area (Å²) >= 11 is 13.4. The maximum atomic E-state index is 12.7. The standard InChI is InChI=1S/C13H14Cl2N4OS/c1-2-13(4-3-5-16-13)12(20)17-9-7(14)6-8(15)10-11(9)19-21-18-10/h6,16H,2-5H2,1H3,(H,17,20). The normalized spacial score (nSPS) is 23.0. The third-order valence-electron chi connectivity index (χ3n) is 3.96. The number of fused-ring (bicyclic) bond motifs is 1. The minimum Gasteiger partial charge on any atom is -0.321 e. The highest BCUT2D eigenvalue weighted by Gasteiger charge is 2.39. The van der Waals surface area contributed by atoms with Crippen LogP contribution in [0.15, 0.2) is 14.8 Å². The van der Waals surface area contributed by atoms with E-state index in [-0.39, 0.29) is 5.91 Å². The molecule has 2 N–H and O–H groups in total. The van der Waals surface area contributed by atoms with Crippen molar-refractivity contribution < 1.29 is 4.79 Å². The molecule has 1 amide bonds. The molecule has 8 heteroatoms. The second-order valence-corrected chi connectivity index (χ2v) is 6.44. The fourth-order valence-electron chi connectivity index (χ4n) is 2.69. The maximum Gasteiger partial charge on any atom is 0.244 e. The van der Waals surface area contributed by atoms with Gasteiger partial charge in [-0.3, -0.25) is 4.79 Å². The molecule has 1 aromatic rings. The minimum atomic E-state index is -0.529. The third kappa shape index (κ3) is 2.50. The third-order valence-corrected chi connectivity index (χ3v) is 5.08. The van der Waals surface area contributed by atoms with E-state index in [1.165, 1.54) is 0 Å². The van der Waals surface area contributed by atoms with Gasteiger partial charge in [-0.25, -0.2) is 0 Å². The number of nitrogens with zero attached hydrogens (tertiary/aromatic N) is 2. The fourth-order valence-corrected chi connectivity index (χ4v) is 3.85. The Morgan fingerprint density at radius 2 is 2.19 bits per heavy atom. The van der Waals surface area contributed by atoms with Gasteiger partial charge in [0.25, 0.3) is 0 Å². The Kier molecular flexibility index (Phi) is 4.05. The van der Waals surface area contributed by atoms with Crippen LogP contribution in [0, 0.1) is 0 Å². The van der Waals surface area contributed by atoms with Crippen molar-refractivity contribution >= 4 is 57.5 Å². The van der Waals surface area contributed by atoms with Crippen LogP contribution in [0.4, 0.5) is 17.1 Å². The van der Waals surface area contributed by atoms with E-state index >= 15 is 0 Å². The Morgan fingerprint density at radius 1 is 1.43 bits per heavy atom. The smallest absolute Gasteiger partial charge is 0.244 e. The predicted molar refractivity (Wildman–Crippen MR) is 86.9 cm³/mol. The lowest BCUT2D eigenvalue weighted by atomic mass is 9.93. The van der Waals surface area contributed by atoms with Crippen LogP contribution in [0.1, 0.15) is 26.2 Å². The molecule has 1 fully saturated rings. The number of anilines is 1. The fraction of sp³-hybridized carbons (Fsp3) is 0.462. The number of hydrogen-bond donors (Lipinski definition) is 2. The topological polar surface area (TPSA) is 65.8 Å². The summed E-state index contributed by atoms with van der Waals surface area (Å²) in [5.41, 5.74) is 1.05. The van der Waals surface area contributed by atoms with Gasteiger partial charge in [0.05, 0.1) is 32.6 Å². The summed E-state index contributed by atoms with van der Waals surface area (Å²) in [6, 6.07) is 1.59. The van der Waals surface area contributed by atoms with Crippen LogP contribution in [-0.4, -0.2) is 18.0 Å². The molecule has 0 spiro atoms. The van der Waals surface area contributed by atoms with Crippen molar-refractivity contribution in [3.8, 4) is 0 Å². The zero-order valence-electron chi connectivity index (χ0n) is 11.4. The van der Waals surface area contributed by atoms with Gasteiger partial charge in [0, 0.05) is 0 Å². The van der Waals surface area contributed by atoms with Crippen LogP contribution >= 0.6 is 23.2 Å². The summed E-state index contributed by atoms with van der Waals surface area (Å²) in [6.07, 6.45) is 2.53. The molecule has 5 nitrogen and oxygen atoms in total. The van der Waals surface area contributed by atoms with E-state index in [9.17, 15) is 4.79 Å². The molecule has 0 aromatic heterocycles.